The van der Waals surface area contributed by atoms with Crippen molar-refractivity contribution in [2.75, 3.05) is 13.2 Å². The Labute approximate surface area is 346 Å². The second-order valence-corrected chi connectivity index (χ2v) is 15.6. The zero-order valence-electron chi connectivity index (χ0n) is 36.9. The topological polar surface area (TPSA) is 78.9 Å². The summed E-state index contributed by atoms with van der Waals surface area (Å²) < 4.78 is 16.7. The van der Waals surface area contributed by atoms with Gasteiger partial charge in [0.05, 0.1) is 0 Å². The van der Waals surface area contributed by atoms with E-state index in [1.807, 2.05) is 0 Å². The quantitative estimate of drug-likeness (QED) is 0.0265. The van der Waals surface area contributed by atoms with Crippen LogP contribution in [0.25, 0.3) is 0 Å². The van der Waals surface area contributed by atoms with Gasteiger partial charge in [0.1, 0.15) is 13.2 Å². The molecule has 0 aliphatic heterocycles. The Bertz CT molecular complexity index is 996. The molecule has 56 heavy (non-hydrogen) atoms. The van der Waals surface area contributed by atoms with Gasteiger partial charge in [-0.25, -0.2) is 0 Å². The molecule has 6 heteroatoms. The fourth-order valence-electron chi connectivity index (χ4n) is 6.55. The molecule has 0 fully saturated rings. The predicted octanol–water partition coefficient (Wildman–Crippen LogP) is 15.1. The lowest BCUT2D eigenvalue weighted by Gasteiger charge is -2.18. The van der Waals surface area contributed by atoms with Gasteiger partial charge in [0.2, 0.25) is 0 Å². The molecule has 0 unspecified atom stereocenters. The van der Waals surface area contributed by atoms with Gasteiger partial charge in [-0.1, -0.05) is 204 Å². The molecule has 0 N–H and O–H groups in total. The Hall–Kier alpha value is -2.63. The minimum Gasteiger partial charge on any atom is -0.462 e. The third-order valence-electron chi connectivity index (χ3n) is 10.1. The van der Waals surface area contributed by atoms with E-state index in [-0.39, 0.29) is 31.1 Å². The average molecular weight is 785 g/mol. The normalized spacial score (nSPS) is 12.4. The maximum atomic E-state index is 12.7. The lowest BCUT2D eigenvalue weighted by molar-refractivity contribution is -0.167. The van der Waals surface area contributed by atoms with Gasteiger partial charge in [0, 0.05) is 19.3 Å². The van der Waals surface area contributed by atoms with E-state index in [0.29, 0.717) is 19.3 Å². The molecule has 6 nitrogen and oxygen atoms in total. The molecule has 0 radical (unpaired) electrons. The largest absolute Gasteiger partial charge is 0.462 e. The molecule has 0 bridgehead atoms. The summed E-state index contributed by atoms with van der Waals surface area (Å²) in [7, 11) is 0. The van der Waals surface area contributed by atoms with Gasteiger partial charge >= 0.3 is 17.9 Å². The minimum absolute atomic E-state index is 0.0832. The molecular formula is C50H88O6. The fourth-order valence-corrected chi connectivity index (χ4v) is 6.55. The maximum absolute atomic E-state index is 12.7. The molecule has 0 rings (SSSR count). The number of hydrogen-bond acceptors (Lipinski definition) is 6. The molecular weight excluding hydrogens is 697 g/mol. The average Bonchev–Trinajstić information content (AvgIpc) is 3.19. The van der Waals surface area contributed by atoms with Crippen LogP contribution in [-0.2, 0) is 28.6 Å². The summed E-state index contributed by atoms with van der Waals surface area (Å²) in [5, 5.41) is 0. The van der Waals surface area contributed by atoms with Gasteiger partial charge < -0.3 is 14.2 Å². The molecule has 1 atom stereocenters. The van der Waals surface area contributed by atoms with Crippen LogP contribution in [0.2, 0.25) is 0 Å². The minimum atomic E-state index is -0.783. The van der Waals surface area contributed by atoms with Crippen molar-refractivity contribution in [1.29, 1.82) is 0 Å². The Morgan fingerprint density at radius 3 is 1.09 bits per heavy atom. The first-order valence-electron chi connectivity index (χ1n) is 23.6. The van der Waals surface area contributed by atoms with Crippen LogP contribution in [0, 0.1) is 0 Å². The number of hydrogen-bond donors (Lipinski definition) is 0. The van der Waals surface area contributed by atoms with Crippen molar-refractivity contribution in [2.24, 2.45) is 0 Å². The summed E-state index contributed by atoms with van der Waals surface area (Å²) in [5.41, 5.74) is 0. The lowest BCUT2D eigenvalue weighted by Crippen LogP contribution is -2.30. The van der Waals surface area contributed by atoms with Crippen LogP contribution in [0.1, 0.15) is 233 Å². The van der Waals surface area contributed by atoms with E-state index in [9.17, 15) is 14.4 Å². The SMILES string of the molecule is CC/C=C\C/C=C\C/C=C\C/C=C\CCCCC(=O)OC[C@H](COC(=O)CCCCCCCCCCCCC)OC(=O)CCCCCCCCCCCCCC. The highest BCUT2D eigenvalue weighted by atomic mass is 16.6. The summed E-state index contributed by atoms with van der Waals surface area (Å²) in [6.07, 6.45) is 52.3. The summed E-state index contributed by atoms with van der Waals surface area (Å²) >= 11 is 0. The van der Waals surface area contributed by atoms with Crippen LogP contribution in [0.15, 0.2) is 48.6 Å². The molecule has 0 spiro atoms. The van der Waals surface area contributed by atoms with E-state index in [4.69, 9.17) is 14.2 Å². The van der Waals surface area contributed by atoms with Crippen LogP contribution in [0.3, 0.4) is 0 Å². The first-order valence-corrected chi connectivity index (χ1v) is 23.6. The van der Waals surface area contributed by atoms with Crippen molar-refractivity contribution in [3.63, 3.8) is 0 Å². The fraction of sp³-hybridized carbons (Fsp3) is 0.780. The first-order chi connectivity index (χ1) is 27.5. The molecule has 0 aliphatic rings. The van der Waals surface area contributed by atoms with Gasteiger partial charge in [0.25, 0.3) is 0 Å². The van der Waals surface area contributed by atoms with Crippen molar-refractivity contribution >= 4 is 17.9 Å². The zero-order chi connectivity index (χ0) is 40.8. The molecule has 324 valence electrons. The van der Waals surface area contributed by atoms with Crippen LogP contribution in [0.4, 0.5) is 0 Å². The van der Waals surface area contributed by atoms with Crippen LogP contribution < -0.4 is 0 Å². The molecule has 0 aromatic rings. The molecule has 0 aliphatic carbocycles. The Kier molecular flexibility index (Phi) is 43.0. The van der Waals surface area contributed by atoms with Crippen molar-refractivity contribution < 1.29 is 28.6 Å². The standard InChI is InChI=1S/C50H88O6/c1-4-7-10-13-16-19-22-24-25-26-29-31-34-37-40-43-49(52)55-46-47(45-54-48(51)42-39-36-33-30-27-21-18-15-12-9-6-3)56-50(53)44-41-38-35-32-28-23-20-17-14-11-8-5-2/h7,10,16,19,24-25,29,31,47H,4-6,8-9,11-15,17-18,20-23,26-28,30,32-46H2,1-3H3/b10-7-,19-16-,25-24-,31-29-/t47-/m0/s1. The lowest BCUT2D eigenvalue weighted by atomic mass is 10.0. The summed E-state index contributed by atoms with van der Waals surface area (Å²) in [6, 6.07) is 0. The molecule has 0 heterocycles. The Morgan fingerprint density at radius 2 is 0.696 bits per heavy atom. The van der Waals surface area contributed by atoms with Gasteiger partial charge in [-0.05, 0) is 57.8 Å². The molecule has 0 amide bonds. The zero-order valence-corrected chi connectivity index (χ0v) is 36.9. The number of rotatable bonds is 42. The van der Waals surface area contributed by atoms with Crippen LogP contribution >= 0.6 is 0 Å². The monoisotopic (exact) mass is 785 g/mol. The van der Waals surface area contributed by atoms with Crippen LogP contribution in [0.5, 0.6) is 0 Å². The van der Waals surface area contributed by atoms with Crippen molar-refractivity contribution in [2.45, 2.75) is 239 Å². The van der Waals surface area contributed by atoms with E-state index in [1.54, 1.807) is 0 Å². The van der Waals surface area contributed by atoms with E-state index >= 15 is 0 Å². The van der Waals surface area contributed by atoms with Gasteiger partial charge in [-0.2, -0.15) is 0 Å². The van der Waals surface area contributed by atoms with E-state index < -0.39 is 6.10 Å². The van der Waals surface area contributed by atoms with E-state index in [1.165, 1.54) is 109 Å². The molecule has 0 aromatic carbocycles. The second kappa shape index (κ2) is 45.1. The molecule has 0 aromatic heterocycles. The number of carbonyl (C=O) groups excluding carboxylic acids is 3. The molecule has 0 saturated heterocycles. The highest BCUT2D eigenvalue weighted by molar-refractivity contribution is 5.71. The van der Waals surface area contributed by atoms with Gasteiger partial charge in [-0.3, -0.25) is 14.4 Å². The summed E-state index contributed by atoms with van der Waals surface area (Å²) in [5.74, 6) is -0.924. The first kappa shape index (κ1) is 53.4. The highest BCUT2D eigenvalue weighted by Gasteiger charge is 2.19. The number of ether oxygens (including phenoxy) is 3. The van der Waals surface area contributed by atoms with Crippen molar-refractivity contribution in [1.82, 2.24) is 0 Å². The van der Waals surface area contributed by atoms with E-state index in [2.05, 4.69) is 69.4 Å². The van der Waals surface area contributed by atoms with Crippen molar-refractivity contribution in [3.05, 3.63) is 48.6 Å². The Balaban J connectivity index is 4.42. The van der Waals surface area contributed by atoms with Gasteiger partial charge in [-0.15, -0.1) is 0 Å². The maximum Gasteiger partial charge on any atom is 0.306 e. The smallest absolute Gasteiger partial charge is 0.306 e. The predicted molar refractivity (Wildman–Crippen MR) is 238 cm³/mol. The molecule has 0 saturated carbocycles. The third-order valence-corrected chi connectivity index (χ3v) is 10.1. The highest BCUT2D eigenvalue weighted by Crippen LogP contribution is 2.15. The summed E-state index contributed by atoms with van der Waals surface area (Å²) in [4.78, 5) is 37.8. The number of unbranched alkanes of at least 4 members (excludes halogenated alkanes) is 23. The second-order valence-electron chi connectivity index (χ2n) is 15.6. The number of carbonyl (C=O) groups is 3. The number of esters is 3. The van der Waals surface area contributed by atoms with Gasteiger partial charge in [0.15, 0.2) is 6.10 Å². The van der Waals surface area contributed by atoms with Crippen LogP contribution in [-0.4, -0.2) is 37.2 Å². The van der Waals surface area contributed by atoms with Crippen molar-refractivity contribution in [3.8, 4) is 0 Å². The third kappa shape index (κ3) is 42.5. The summed E-state index contributed by atoms with van der Waals surface area (Å²) in [6.45, 7) is 6.48. The van der Waals surface area contributed by atoms with E-state index in [0.717, 1.165) is 83.5 Å². The number of allylic oxidation sites excluding steroid dienone is 8. The Morgan fingerprint density at radius 1 is 0.375 bits per heavy atom.